The molecule has 0 aliphatic heterocycles. The summed E-state index contributed by atoms with van der Waals surface area (Å²) >= 11 is 1.48. The zero-order valence-corrected chi connectivity index (χ0v) is 13.9. The molecule has 1 aromatic carbocycles. The van der Waals surface area contributed by atoms with Crippen molar-refractivity contribution in [1.82, 2.24) is 29.6 Å². The van der Waals surface area contributed by atoms with Crippen LogP contribution in [0, 0.1) is 0 Å². The number of pyridine rings is 1. The number of rotatable bonds is 4. The summed E-state index contributed by atoms with van der Waals surface area (Å²) in [4.78, 5) is 4.77. The highest BCUT2D eigenvalue weighted by atomic mass is 32.2. The van der Waals surface area contributed by atoms with Gasteiger partial charge in [0.25, 0.3) is 0 Å². The van der Waals surface area contributed by atoms with Gasteiger partial charge >= 0.3 is 0 Å². The molecule has 3 heterocycles. The van der Waals surface area contributed by atoms with E-state index in [2.05, 4.69) is 15.5 Å². The van der Waals surface area contributed by atoms with E-state index < -0.39 is 0 Å². The van der Waals surface area contributed by atoms with Crippen LogP contribution in [-0.2, 0) is 7.05 Å². The molecule has 0 fully saturated rings. The Morgan fingerprint density at radius 3 is 2.62 bits per heavy atom. The van der Waals surface area contributed by atoms with E-state index >= 15 is 0 Å². The fourth-order valence-corrected chi connectivity index (χ4v) is 3.33. The van der Waals surface area contributed by atoms with Crippen LogP contribution in [-0.4, -0.2) is 36.7 Å². The quantitative estimate of drug-likeness (QED) is 0.570. The molecule has 8 heteroatoms. The summed E-state index contributed by atoms with van der Waals surface area (Å²) in [5, 5.41) is 13.3. The number of nitrogens with zero attached hydrogens (tertiary/aromatic N) is 6. The van der Waals surface area contributed by atoms with Crippen LogP contribution < -0.4 is 4.74 Å². The van der Waals surface area contributed by atoms with Crippen LogP contribution in [0.15, 0.2) is 58.8 Å². The first-order valence-corrected chi connectivity index (χ1v) is 8.09. The third-order valence-electron chi connectivity index (χ3n) is 3.62. The Labute approximate surface area is 142 Å². The number of aromatic nitrogens is 6. The second-order valence-electron chi connectivity index (χ2n) is 5.11. The summed E-state index contributed by atoms with van der Waals surface area (Å²) in [5.74, 6) is 0.814. The molecule has 0 radical (unpaired) electrons. The Balaban J connectivity index is 1.87. The SMILES string of the molecule is COc1ccc(-c2nc3ccccn3c2Sc2nnnn2C)cc1. The molecule has 0 spiro atoms. The lowest BCUT2D eigenvalue weighted by Gasteiger charge is -2.05. The molecule has 0 aliphatic carbocycles. The number of aryl methyl sites for hydroxylation is 1. The summed E-state index contributed by atoms with van der Waals surface area (Å²) in [6, 6.07) is 13.8. The summed E-state index contributed by atoms with van der Waals surface area (Å²) in [6.07, 6.45) is 1.99. The van der Waals surface area contributed by atoms with E-state index in [9.17, 15) is 0 Å². The number of ether oxygens (including phenoxy) is 1. The normalized spacial score (nSPS) is 11.1. The third-order valence-corrected chi connectivity index (χ3v) is 4.73. The molecule has 24 heavy (non-hydrogen) atoms. The molecule has 0 saturated carbocycles. The molecule has 0 N–H and O–H groups in total. The maximum Gasteiger partial charge on any atom is 0.215 e. The minimum absolute atomic E-state index is 0.704. The molecular formula is C16H14N6OS. The van der Waals surface area contributed by atoms with Gasteiger partial charge in [0.05, 0.1) is 7.11 Å². The lowest BCUT2D eigenvalue weighted by Crippen LogP contribution is -1.94. The van der Waals surface area contributed by atoms with Gasteiger partial charge in [-0.1, -0.05) is 6.07 Å². The van der Waals surface area contributed by atoms with Crippen molar-refractivity contribution in [2.75, 3.05) is 7.11 Å². The van der Waals surface area contributed by atoms with E-state index in [-0.39, 0.29) is 0 Å². The van der Waals surface area contributed by atoms with E-state index in [1.54, 1.807) is 11.8 Å². The number of tetrazole rings is 1. The number of imidazole rings is 1. The van der Waals surface area contributed by atoms with Gasteiger partial charge in [0, 0.05) is 18.8 Å². The largest absolute Gasteiger partial charge is 0.497 e. The minimum atomic E-state index is 0.704. The lowest BCUT2D eigenvalue weighted by atomic mass is 10.1. The first-order valence-electron chi connectivity index (χ1n) is 7.28. The van der Waals surface area contributed by atoms with Crippen LogP contribution in [0.4, 0.5) is 0 Å². The lowest BCUT2D eigenvalue weighted by molar-refractivity contribution is 0.415. The van der Waals surface area contributed by atoms with Crippen molar-refractivity contribution in [1.29, 1.82) is 0 Å². The molecule has 7 nitrogen and oxygen atoms in total. The van der Waals surface area contributed by atoms with Crippen molar-refractivity contribution in [2.45, 2.75) is 10.2 Å². The van der Waals surface area contributed by atoms with E-state index in [1.807, 2.05) is 60.1 Å². The molecule has 0 amide bonds. The van der Waals surface area contributed by atoms with Crippen molar-refractivity contribution in [3.8, 4) is 17.0 Å². The van der Waals surface area contributed by atoms with Crippen LogP contribution >= 0.6 is 11.8 Å². The Morgan fingerprint density at radius 2 is 1.92 bits per heavy atom. The minimum Gasteiger partial charge on any atom is -0.497 e. The number of hydrogen-bond acceptors (Lipinski definition) is 6. The van der Waals surface area contributed by atoms with Gasteiger partial charge < -0.3 is 4.74 Å². The highest BCUT2D eigenvalue weighted by Gasteiger charge is 2.17. The van der Waals surface area contributed by atoms with Gasteiger partial charge in [-0.3, -0.25) is 4.40 Å². The predicted molar refractivity (Wildman–Crippen MR) is 90.1 cm³/mol. The van der Waals surface area contributed by atoms with E-state index in [0.717, 1.165) is 27.7 Å². The van der Waals surface area contributed by atoms with Gasteiger partial charge in [-0.25, -0.2) is 9.67 Å². The van der Waals surface area contributed by atoms with Crippen LogP contribution in [0.3, 0.4) is 0 Å². The molecule has 3 aromatic heterocycles. The molecule has 4 rings (SSSR count). The van der Waals surface area contributed by atoms with Gasteiger partial charge in [0.15, 0.2) is 0 Å². The molecular weight excluding hydrogens is 324 g/mol. The van der Waals surface area contributed by atoms with Crippen LogP contribution in [0.2, 0.25) is 0 Å². The first-order chi connectivity index (χ1) is 11.8. The number of methoxy groups -OCH3 is 1. The average molecular weight is 338 g/mol. The Bertz CT molecular complexity index is 991. The van der Waals surface area contributed by atoms with Crippen molar-refractivity contribution in [2.24, 2.45) is 7.05 Å². The van der Waals surface area contributed by atoms with Gasteiger partial charge in [-0.05, 0) is 58.6 Å². The van der Waals surface area contributed by atoms with Crippen LogP contribution in [0.25, 0.3) is 16.9 Å². The second-order valence-corrected chi connectivity index (χ2v) is 6.07. The monoisotopic (exact) mass is 338 g/mol. The summed E-state index contributed by atoms with van der Waals surface area (Å²) in [5.41, 5.74) is 2.77. The van der Waals surface area contributed by atoms with Crippen molar-refractivity contribution in [3.63, 3.8) is 0 Å². The summed E-state index contributed by atoms with van der Waals surface area (Å²) in [6.45, 7) is 0. The second kappa shape index (κ2) is 5.97. The fraction of sp³-hybridized carbons (Fsp3) is 0.125. The third kappa shape index (κ3) is 2.50. The first kappa shape index (κ1) is 14.7. The van der Waals surface area contributed by atoms with Gasteiger partial charge in [-0.15, -0.1) is 5.10 Å². The number of fused-ring (bicyclic) bond motifs is 1. The Hall–Kier alpha value is -2.87. The zero-order valence-electron chi connectivity index (χ0n) is 13.1. The topological polar surface area (TPSA) is 70.1 Å². The standard InChI is InChI=1S/C16H14N6OS/c1-21-16(18-19-20-21)24-15-14(11-6-8-12(23-2)9-7-11)17-13-5-3-4-10-22(13)15/h3-10H,1-2H3. The van der Waals surface area contributed by atoms with E-state index in [1.165, 1.54) is 11.8 Å². The van der Waals surface area contributed by atoms with Gasteiger partial charge in [0.2, 0.25) is 5.16 Å². The Kier molecular flexibility index (Phi) is 3.66. The van der Waals surface area contributed by atoms with Gasteiger partial charge in [-0.2, -0.15) is 0 Å². The molecule has 0 aliphatic rings. The Morgan fingerprint density at radius 1 is 1.08 bits per heavy atom. The maximum atomic E-state index is 5.23. The fourth-order valence-electron chi connectivity index (χ4n) is 2.40. The summed E-state index contributed by atoms with van der Waals surface area (Å²) < 4.78 is 8.92. The van der Waals surface area contributed by atoms with Crippen LogP contribution in [0.1, 0.15) is 0 Å². The average Bonchev–Trinajstić information content (AvgIpc) is 3.20. The number of benzene rings is 1. The highest BCUT2D eigenvalue weighted by Crippen LogP contribution is 2.35. The molecule has 4 aromatic rings. The number of hydrogen-bond donors (Lipinski definition) is 0. The molecule has 0 atom stereocenters. The zero-order chi connectivity index (χ0) is 16.5. The smallest absolute Gasteiger partial charge is 0.215 e. The van der Waals surface area contributed by atoms with Crippen LogP contribution in [0.5, 0.6) is 5.75 Å². The van der Waals surface area contributed by atoms with E-state index in [4.69, 9.17) is 9.72 Å². The maximum absolute atomic E-state index is 5.23. The highest BCUT2D eigenvalue weighted by molar-refractivity contribution is 7.99. The molecule has 120 valence electrons. The molecule has 0 bridgehead atoms. The van der Waals surface area contributed by atoms with Crippen molar-refractivity contribution >= 4 is 17.4 Å². The molecule has 0 saturated heterocycles. The molecule has 0 unspecified atom stereocenters. The van der Waals surface area contributed by atoms with Gasteiger partial charge in [0.1, 0.15) is 22.1 Å². The van der Waals surface area contributed by atoms with Crippen molar-refractivity contribution < 1.29 is 4.74 Å². The van der Waals surface area contributed by atoms with E-state index in [0.29, 0.717) is 5.16 Å². The predicted octanol–water partition coefficient (Wildman–Crippen LogP) is 2.68. The van der Waals surface area contributed by atoms with Crippen molar-refractivity contribution in [3.05, 3.63) is 48.7 Å². The summed E-state index contributed by atoms with van der Waals surface area (Å²) in [7, 11) is 3.47.